The molecule has 3 aromatic rings. The fourth-order valence-electron chi connectivity index (χ4n) is 5.37. The summed E-state index contributed by atoms with van der Waals surface area (Å²) in [6.07, 6.45) is 2.14. The highest BCUT2D eigenvalue weighted by Crippen LogP contribution is 2.27. The number of carbonyl (C=O) groups is 3. The number of rotatable bonds is 4. The Morgan fingerprint density at radius 2 is 1.78 bits per heavy atom. The van der Waals surface area contributed by atoms with Crippen LogP contribution in [-0.4, -0.2) is 56.9 Å². The van der Waals surface area contributed by atoms with Crippen LogP contribution in [0.15, 0.2) is 48.5 Å². The molecule has 0 spiro atoms. The van der Waals surface area contributed by atoms with Crippen LogP contribution < -0.4 is 5.32 Å². The van der Waals surface area contributed by atoms with Crippen LogP contribution in [0.5, 0.6) is 0 Å². The summed E-state index contributed by atoms with van der Waals surface area (Å²) in [7, 11) is 1.85. The molecule has 5 rings (SSSR count). The lowest BCUT2D eigenvalue weighted by Crippen LogP contribution is -2.44. The van der Waals surface area contributed by atoms with Gasteiger partial charge in [0.25, 0.3) is 11.8 Å². The van der Waals surface area contributed by atoms with E-state index in [2.05, 4.69) is 10.4 Å². The molecular formula is C29H33N5O3. The molecule has 192 valence electrons. The molecule has 1 N–H and O–H groups in total. The van der Waals surface area contributed by atoms with Crippen molar-refractivity contribution in [3.63, 3.8) is 0 Å². The molecule has 3 amide bonds. The minimum absolute atomic E-state index is 0.0393. The van der Waals surface area contributed by atoms with Crippen LogP contribution in [-0.2, 0) is 24.8 Å². The Hall–Kier alpha value is -3.94. The minimum Gasteiger partial charge on any atom is -0.336 e. The number of hydrogen-bond donors (Lipinski definition) is 1. The lowest BCUT2D eigenvalue weighted by atomic mass is 9.96. The van der Waals surface area contributed by atoms with Crippen molar-refractivity contribution in [3.05, 3.63) is 82.2 Å². The molecule has 1 saturated heterocycles. The number of aromatic nitrogens is 2. The summed E-state index contributed by atoms with van der Waals surface area (Å²) in [4.78, 5) is 43.4. The summed E-state index contributed by atoms with van der Waals surface area (Å²) in [6.45, 7) is 5.80. The minimum atomic E-state index is -0.281. The maximum atomic E-state index is 13.7. The zero-order valence-corrected chi connectivity index (χ0v) is 21.7. The van der Waals surface area contributed by atoms with Gasteiger partial charge in [-0.1, -0.05) is 35.9 Å². The molecule has 1 aromatic heterocycles. The number of nitrogens with one attached hydrogen (secondary N) is 1. The van der Waals surface area contributed by atoms with E-state index in [4.69, 9.17) is 0 Å². The second-order valence-corrected chi connectivity index (χ2v) is 10.1. The fraction of sp³-hybridized carbons (Fsp3) is 0.379. The Kier molecular flexibility index (Phi) is 6.82. The first kappa shape index (κ1) is 24.7. The molecule has 0 aliphatic carbocycles. The van der Waals surface area contributed by atoms with Crippen LogP contribution in [0.25, 0.3) is 0 Å². The van der Waals surface area contributed by atoms with Gasteiger partial charge in [-0.25, -0.2) is 0 Å². The monoisotopic (exact) mass is 499 g/mol. The topological polar surface area (TPSA) is 87.5 Å². The number of anilines is 1. The van der Waals surface area contributed by atoms with Crippen LogP contribution >= 0.6 is 0 Å². The van der Waals surface area contributed by atoms with Gasteiger partial charge in [0.1, 0.15) is 0 Å². The van der Waals surface area contributed by atoms with Crippen molar-refractivity contribution in [3.8, 4) is 0 Å². The van der Waals surface area contributed by atoms with Gasteiger partial charge in [0.05, 0.1) is 12.5 Å². The van der Waals surface area contributed by atoms with E-state index in [1.807, 2.05) is 69.4 Å². The molecule has 0 bridgehead atoms. The smallest absolute Gasteiger partial charge is 0.274 e. The molecule has 1 fully saturated rings. The van der Waals surface area contributed by atoms with Crippen molar-refractivity contribution in [1.82, 2.24) is 19.6 Å². The number of nitrogens with zero attached hydrogens (tertiary/aromatic N) is 4. The lowest BCUT2D eigenvalue weighted by Gasteiger charge is -2.32. The third-order valence-electron chi connectivity index (χ3n) is 7.48. The van der Waals surface area contributed by atoms with E-state index < -0.39 is 0 Å². The summed E-state index contributed by atoms with van der Waals surface area (Å²) < 4.78 is 1.77. The van der Waals surface area contributed by atoms with Crippen molar-refractivity contribution in [1.29, 1.82) is 0 Å². The number of aryl methyl sites for hydroxylation is 3. The summed E-state index contributed by atoms with van der Waals surface area (Å²) >= 11 is 0. The van der Waals surface area contributed by atoms with E-state index in [0.717, 1.165) is 40.9 Å². The summed E-state index contributed by atoms with van der Waals surface area (Å²) in [5, 5.41) is 7.61. The number of hydrogen-bond acceptors (Lipinski definition) is 4. The number of likely N-dealkylation sites (tertiary alicyclic amines) is 1. The van der Waals surface area contributed by atoms with Gasteiger partial charge in [-0.15, -0.1) is 0 Å². The van der Waals surface area contributed by atoms with Crippen molar-refractivity contribution in [2.24, 2.45) is 13.0 Å². The van der Waals surface area contributed by atoms with E-state index in [-0.39, 0.29) is 23.6 Å². The molecule has 0 saturated carbocycles. The highest BCUT2D eigenvalue weighted by atomic mass is 16.2. The summed E-state index contributed by atoms with van der Waals surface area (Å²) in [6, 6.07) is 15.3. The summed E-state index contributed by atoms with van der Waals surface area (Å²) in [5.41, 5.74) is 5.68. The van der Waals surface area contributed by atoms with Crippen molar-refractivity contribution in [2.75, 3.05) is 25.0 Å². The normalized spacial score (nSPS) is 17.3. The lowest BCUT2D eigenvalue weighted by molar-refractivity contribution is -0.121. The molecule has 1 atom stereocenters. The van der Waals surface area contributed by atoms with Crippen LogP contribution in [0.3, 0.4) is 0 Å². The average Bonchev–Trinajstić information content (AvgIpc) is 3.24. The molecule has 3 heterocycles. The Bertz CT molecular complexity index is 1360. The van der Waals surface area contributed by atoms with E-state index in [1.54, 1.807) is 14.5 Å². The van der Waals surface area contributed by atoms with Crippen LogP contribution in [0.1, 0.15) is 56.1 Å². The Morgan fingerprint density at radius 1 is 0.973 bits per heavy atom. The molecule has 0 radical (unpaired) electrons. The third-order valence-corrected chi connectivity index (χ3v) is 7.48. The van der Waals surface area contributed by atoms with Crippen molar-refractivity contribution >= 4 is 23.4 Å². The van der Waals surface area contributed by atoms with E-state index in [9.17, 15) is 14.4 Å². The fourth-order valence-corrected chi connectivity index (χ4v) is 5.37. The Labute approximate surface area is 217 Å². The third kappa shape index (κ3) is 5.01. The van der Waals surface area contributed by atoms with Crippen molar-refractivity contribution in [2.45, 2.75) is 39.7 Å². The zero-order valence-electron chi connectivity index (χ0n) is 21.7. The van der Waals surface area contributed by atoms with Crippen LogP contribution in [0.4, 0.5) is 5.69 Å². The number of amides is 3. The largest absolute Gasteiger partial charge is 0.336 e. The van der Waals surface area contributed by atoms with Gasteiger partial charge < -0.3 is 15.1 Å². The van der Waals surface area contributed by atoms with Crippen molar-refractivity contribution < 1.29 is 14.4 Å². The molecule has 2 aromatic carbocycles. The van der Waals surface area contributed by atoms with Gasteiger partial charge in [-0.05, 0) is 50.5 Å². The van der Waals surface area contributed by atoms with Gasteiger partial charge in [-0.2, -0.15) is 5.10 Å². The highest BCUT2D eigenvalue weighted by molar-refractivity contribution is 5.97. The molecule has 1 unspecified atom stereocenters. The molecule has 2 aliphatic rings. The maximum Gasteiger partial charge on any atom is 0.274 e. The number of fused-ring (bicyclic) bond motifs is 1. The second-order valence-electron chi connectivity index (χ2n) is 10.1. The van der Waals surface area contributed by atoms with Gasteiger partial charge in [0.2, 0.25) is 5.91 Å². The van der Waals surface area contributed by atoms with E-state index in [0.29, 0.717) is 43.9 Å². The van der Waals surface area contributed by atoms with Crippen LogP contribution in [0.2, 0.25) is 0 Å². The van der Waals surface area contributed by atoms with Gasteiger partial charge in [0.15, 0.2) is 5.69 Å². The first-order chi connectivity index (χ1) is 17.8. The molecular weight excluding hydrogens is 466 g/mol. The molecule has 2 aliphatic heterocycles. The van der Waals surface area contributed by atoms with Gasteiger partial charge >= 0.3 is 0 Å². The van der Waals surface area contributed by atoms with Gasteiger partial charge in [-0.3, -0.25) is 19.1 Å². The predicted octanol–water partition coefficient (Wildman–Crippen LogP) is 3.73. The van der Waals surface area contributed by atoms with E-state index >= 15 is 0 Å². The maximum absolute atomic E-state index is 13.7. The second kappa shape index (κ2) is 10.2. The van der Waals surface area contributed by atoms with E-state index in [1.165, 1.54) is 0 Å². The molecule has 8 heteroatoms. The highest BCUT2D eigenvalue weighted by Gasteiger charge is 2.34. The average molecular weight is 500 g/mol. The first-order valence-corrected chi connectivity index (χ1v) is 12.9. The number of carbonyl (C=O) groups excluding carboxylic acids is 3. The number of piperidine rings is 1. The number of benzene rings is 2. The predicted molar refractivity (Wildman–Crippen MR) is 141 cm³/mol. The zero-order chi connectivity index (χ0) is 26.1. The number of para-hydroxylation sites is 1. The summed E-state index contributed by atoms with van der Waals surface area (Å²) in [5.74, 6) is -0.557. The van der Waals surface area contributed by atoms with Gasteiger partial charge in [0, 0.05) is 55.6 Å². The molecule has 8 nitrogen and oxygen atoms in total. The standard InChI is InChI=1S/C29H33N5O3/c1-19-8-6-10-21(16-19)28(36)34-15-13-25-23(18-34)26(31-32(25)3)29(37)33-14-7-11-22(17-33)27(35)30-24-12-5-4-9-20(24)2/h4-6,8-10,12,16,22H,7,11,13-15,17-18H2,1-3H3,(H,30,35). The quantitative estimate of drug-likeness (QED) is 0.593. The Balaban J connectivity index is 1.32. The Morgan fingerprint density at radius 3 is 2.57 bits per heavy atom. The molecule has 37 heavy (non-hydrogen) atoms. The SMILES string of the molecule is Cc1cccc(C(=O)N2CCc3c(c(C(=O)N4CCCC(C(=O)Nc5ccccc5C)C4)nn3C)C2)c1. The van der Waals surface area contributed by atoms with Crippen LogP contribution in [0, 0.1) is 19.8 Å². The first-order valence-electron chi connectivity index (χ1n) is 12.9.